The summed E-state index contributed by atoms with van der Waals surface area (Å²) in [6.45, 7) is 4.53. The average Bonchev–Trinajstić information content (AvgIpc) is 2.16. The molecule has 1 saturated carbocycles. The Morgan fingerprint density at radius 2 is 2.40 bits per heavy atom. The summed E-state index contributed by atoms with van der Waals surface area (Å²) in [6, 6.07) is 0. The normalized spacial score (nSPS) is 29.3. The minimum absolute atomic E-state index is 0.0578. The highest BCUT2D eigenvalue weighted by Gasteiger charge is 2.33. The zero-order chi connectivity index (χ0) is 10.7. The van der Waals surface area contributed by atoms with Crippen molar-refractivity contribution in [1.82, 2.24) is 10.6 Å². The monoisotopic (exact) mass is 212 g/mol. The predicted molar refractivity (Wildman–Crippen MR) is 57.6 cm³/mol. The van der Waals surface area contributed by atoms with Gasteiger partial charge in [0.15, 0.2) is 0 Å². The fourth-order valence-corrected chi connectivity index (χ4v) is 2.18. The molecule has 4 heteroatoms. The predicted octanol–water partition coefficient (Wildman–Crippen LogP) is 0.424. The van der Waals surface area contributed by atoms with E-state index < -0.39 is 0 Å². The number of carbonyl (C=O) groups is 1. The van der Waals surface area contributed by atoms with Crippen LogP contribution in [0.4, 0.5) is 0 Å². The van der Waals surface area contributed by atoms with Crippen LogP contribution in [0.25, 0.3) is 0 Å². The largest absolute Gasteiger partial charge is 0.375 e. The van der Waals surface area contributed by atoms with Crippen LogP contribution >= 0.6 is 0 Å². The Hall–Kier alpha value is -0.610. The molecule has 0 aromatic heterocycles. The van der Waals surface area contributed by atoms with Crippen molar-refractivity contribution in [2.24, 2.45) is 0 Å². The van der Waals surface area contributed by atoms with E-state index in [9.17, 15) is 4.79 Å². The topological polar surface area (TPSA) is 50.4 Å². The first-order chi connectivity index (χ1) is 7.18. The number of hydrogen-bond acceptors (Lipinski definition) is 3. The maximum atomic E-state index is 11.7. The molecule has 0 radical (unpaired) electrons. The van der Waals surface area contributed by atoms with Crippen LogP contribution in [0, 0.1) is 0 Å². The third-order valence-electron chi connectivity index (χ3n) is 3.32. The number of hydrogen-bond donors (Lipinski definition) is 2. The highest BCUT2D eigenvalue weighted by Crippen LogP contribution is 2.30. The molecule has 1 aliphatic heterocycles. The zero-order valence-corrected chi connectivity index (χ0v) is 9.34. The van der Waals surface area contributed by atoms with Gasteiger partial charge in [0.2, 0.25) is 5.91 Å². The number of carbonyl (C=O) groups excluding carboxylic acids is 1. The molecule has 86 valence electrons. The minimum atomic E-state index is 0.0578. The lowest BCUT2D eigenvalue weighted by atomic mass is 9.78. The Kier molecular flexibility index (Phi) is 3.26. The van der Waals surface area contributed by atoms with Crippen LogP contribution in [0.1, 0.15) is 32.6 Å². The number of ether oxygens (including phenoxy) is 1. The molecule has 4 nitrogen and oxygen atoms in total. The van der Waals surface area contributed by atoms with Crippen molar-refractivity contribution in [2.45, 2.75) is 44.2 Å². The summed E-state index contributed by atoms with van der Waals surface area (Å²) in [6.07, 6.45) is 4.01. The summed E-state index contributed by atoms with van der Waals surface area (Å²) in [7, 11) is 0. The number of amides is 1. The summed E-state index contributed by atoms with van der Waals surface area (Å²) >= 11 is 0. The minimum Gasteiger partial charge on any atom is -0.375 e. The van der Waals surface area contributed by atoms with Gasteiger partial charge in [-0.1, -0.05) is 0 Å². The molecule has 0 aromatic rings. The van der Waals surface area contributed by atoms with Crippen LogP contribution in [-0.4, -0.2) is 37.2 Å². The summed E-state index contributed by atoms with van der Waals surface area (Å²) in [5, 5.41) is 6.32. The summed E-state index contributed by atoms with van der Waals surface area (Å²) in [5.74, 6) is 0.130. The third-order valence-corrected chi connectivity index (χ3v) is 3.32. The molecule has 1 unspecified atom stereocenters. The van der Waals surface area contributed by atoms with E-state index in [-0.39, 0.29) is 17.6 Å². The maximum absolute atomic E-state index is 11.7. The highest BCUT2D eigenvalue weighted by atomic mass is 16.5. The smallest absolute Gasteiger partial charge is 0.223 e. The molecule has 1 atom stereocenters. The first-order valence-electron chi connectivity index (χ1n) is 5.81. The molecule has 2 aliphatic rings. The first kappa shape index (κ1) is 10.9. The SMILES string of the molecule is CC1(NC(=O)CC2CNCCO2)CCC1. The molecule has 1 amide bonds. The van der Waals surface area contributed by atoms with Crippen LogP contribution in [0.5, 0.6) is 0 Å². The fourth-order valence-electron chi connectivity index (χ4n) is 2.18. The number of nitrogens with one attached hydrogen (secondary N) is 2. The molecular formula is C11H20N2O2. The van der Waals surface area contributed by atoms with Gasteiger partial charge >= 0.3 is 0 Å². The van der Waals surface area contributed by atoms with Gasteiger partial charge in [0, 0.05) is 18.6 Å². The third kappa shape index (κ3) is 2.92. The average molecular weight is 212 g/mol. The van der Waals surface area contributed by atoms with E-state index >= 15 is 0 Å². The Labute approximate surface area is 90.8 Å². The van der Waals surface area contributed by atoms with E-state index in [0.717, 1.165) is 32.5 Å². The summed E-state index contributed by atoms with van der Waals surface area (Å²) in [5.41, 5.74) is 0.0686. The standard InChI is InChI=1S/C11H20N2O2/c1-11(3-2-4-11)13-10(14)7-9-8-12-5-6-15-9/h9,12H,2-8H2,1H3,(H,13,14). The Morgan fingerprint density at radius 1 is 1.60 bits per heavy atom. The quantitative estimate of drug-likeness (QED) is 0.713. The second-order valence-electron chi connectivity index (χ2n) is 4.86. The van der Waals surface area contributed by atoms with Gasteiger partial charge in [-0.25, -0.2) is 0 Å². The lowest BCUT2D eigenvalue weighted by Crippen LogP contribution is -2.52. The Morgan fingerprint density at radius 3 is 2.93 bits per heavy atom. The molecule has 0 spiro atoms. The molecule has 0 bridgehead atoms. The molecule has 2 rings (SSSR count). The van der Waals surface area contributed by atoms with Crippen LogP contribution in [0.2, 0.25) is 0 Å². The number of rotatable bonds is 3. The van der Waals surface area contributed by atoms with Gasteiger partial charge in [0.05, 0.1) is 19.1 Å². The van der Waals surface area contributed by atoms with Crippen molar-refractivity contribution in [2.75, 3.05) is 19.7 Å². The second kappa shape index (κ2) is 4.49. The van der Waals surface area contributed by atoms with Gasteiger partial charge in [-0.15, -0.1) is 0 Å². The van der Waals surface area contributed by atoms with Crippen molar-refractivity contribution < 1.29 is 9.53 Å². The van der Waals surface area contributed by atoms with Crippen molar-refractivity contribution >= 4 is 5.91 Å². The Balaban J connectivity index is 1.71. The van der Waals surface area contributed by atoms with Crippen molar-refractivity contribution in [3.8, 4) is 0 Å². The second-order valence-corrected chi connectivity index (χ2v) is 4.86. The van der Waals surface area contributed by atoms with Crippen LogP contribution < -0.4 is 10.6 Å². The molecule has 1 heterocycles. The summed E-state index contributed by atoms with van der Waals surface area (Å²) in [4.78, 5) is 11.7. The van der Waals surface area contributed by atoms with E-state index in [4.69, 9.17) is 4.74 Å². The lowest BCUT2D eigenvalue weighted by molar-refractivity contribution is -0.127. The number of morpholine rings is 1. The van der Waals surface area contributed by atoms with Crippen molar-refractivity contribution in [3.05, 3.63) is 0 Å². The van der Waals surface area contributed by atoms with Gasteiger partial charge in [-0.05, 0) is 26.2 Å². The zero-order valence-electron chi connectivity index (χ0n) is 9.34. The molecule has 1 saturated heterocycles. The molecule has 15 heavy (non-hydrogen) atoms. The van der Waals surface area contributed by atoms with Crippen LogP contribution in [0.3, 0.4) is 0 Å². The van der Waals surface area contributed by atoms with Gasteiger partial charge in [-0.2, -0.15) is 0 Å². The van der Waals surface area contributed by atoms with Gasteiger partial charge in [0.25, 0.3) is 0 Å². The molecular weight excluding hydrogens is 192 g/mol. The van der Waals surface area contributed by atoms with Crippen molar-refractivity contribution in [3.63, 3.8) is 0 Å². The molecule has 2 fully saturated rings. The maximum Gasteiger partial charge on any atom is 0.223 e. The molecule has 1 aliphatic carbocycles. The van der Waals surface area contributed by atoms with E-state index in [1.807, 2.05) is 0 Å². The van der Waals surface area contributed by atoms with Crippen LogP contribution in [-0.2, 0) is 9.53 Å². The van der Waals surface area contributed by atoms with Gasteiger partial charge in [0.1, 0.15) is 0 Å². The fraction of sp³-hybridized carbons (Fsp3) is 0.909. The van der Waals surface area contributed by atoms with Gasteiger partial charge in [-0.3, -0.25) is 4.79 Å². The molecule has 2 N–H and O–H groups in total. The highest BCUT2D eigenvalue weighted by molar-refractivity contribution is 5.77. The van der Waals surface area contributed by atoms with Gasteiger partial charge < -0.3 is 15.4 Å². The van der Waals surface area contributed by atoms with E-state index in [1.54, 1.807) is 0 Å². The van der Waals surface area contributed by atoms with Crippen LogP contribution in [0.15, 0.2) is 0 Å². The lowest BCUT2D eigenvalue weighted by Gasteiger charge is -2.39. The van der Waals surface area contributed by atoms with E-state index in [1.165, 1.54) is 6.42 Å². The van der Waals surface area contributed by atoms with E-state index in [2.05, 4.69) is 17.6 Å². The molecule has 0 aromatic carbocycles. The Bertz CT molecular complexity index is 233. The van der Waals surface area contributed by atoms with Crippen molar-refractivity contribution in [1.29, 1.82) is 0 Å². The van der Waals surface area contributed by atoms with E-state index in [0.29, 0.717) is 6.42 Å². The first-order valence-corrected chi connectivity index (χ1v) is 5.81. The summed E-state index contributed by atoms with van der Waals surface area (Å²) < 4.78 is 5.49.